The van der Waals surface area contributed by atoms with Crippen LogP contribution >= 0.6 is 0 Å². The molecular formula is C11H13NO2. The van der Waals surface area contributed by atoms with Gasteiger partial charge in [0.2, 0.25) is 0 Å². The van der Waals surface area contributed by atoms with Crippen LogP contribution < -0.4 is 9.47 Å². The molecule has 0 radical (unpaired) electrons. The molecule has 0 saturated heterocycles. The molecule has 3 nitrogen and oxygen atoms in total. The van der Waals surface area contributed by atoms with Crippen LogP contribution in [0.4, 0.5) is 0 Å². The molecule has 0 aromatic heterocycles. The molecule has 3 heteroatoms. The number of hydrogen-bond donors (Lipinski definition) is 0. The van der Waals surface area contributed by atoms with Crippen LogP contribution in [-0.4, -0.2) is 26.8 Å². The van der Waals surface area contributed by atoms with E-state index in [2.05, 4.69) is 4.99 Å². The Bertz CT molecular complexity index is 535. The molecule has 0 aliphatic carbocycles. The van der Waals surface area contributed by atoms with E-state index < -0.39 is 14.1 Å². The van der Waals surface area contributed by atoms with Crippen LogP contribution in [0.1, 0.15) is 19.4 Å². The van der Waals surface area contributed by atoms with Gasteiger partial charge in [-0.25, -0.2) is 0 Å². The first-order chi connectivity index (χ1) is 9.14. The lowest BCUT2D eigenvalue weighted by atomic mass is 10.0. The summed E-state index contributed by atoms with van der Waals surface area (Å²) in [5.41, 5.74) is 1.55. The van der Waals surface area contributed by atoms with Crippen molar-refractivity contribution in [3.63, 3.8) is 0 Å². The lowest BCUT2D eigenvalue weighted by Crippen LogP contribution is -2.04. The van der Waals surface area contributed by atoms with Crippen LogP contribution in [-0.2, 0) is 6.42 Å². The fourth-order valence-corrected chi connectivity index (χ4v) is 1.46. The van der Waals surface area contributed by atoms with Crippen molar-refractivity contribution < 1.29 is 17.7 Å². The van der Waals surface area contributed by atoms with E-state index in [-0.39, 0.29) is 11.5 Å². The molecule has 14 heavy (non-hydrogen) atoms. The first-order valence-corrected chi connectivity index (χ1v) is 4.19. The molecule has 0 N–H and O–H groups in total. The maximum absolute atomic E-state index is 7.13. The number of ether oxygens (including phenoxy) is 2. The molecule has 0 atom stereocenters. The van der Waals surface area contributed by atoms with E-state index >= 15 is 0 Å². The van der Waals surface area contributed by atoms with Gasteiger partial charge in [-0.05, 0) is 29.7 Å². The zero-order valence-corrected chi connectivity index (χ0v) is 7.41. The van der Waals surface area contributed by atoms with Gasteiger partial charge in [0.15, 0.2) is 11.5 Å². The predicted octanol–water partition coefficient (Wildman–Crippen LogP) is 1.68. The van der Waals surface area contributed by atoms with E-state index in [1.165, 1.54) is 12.1 Å². The van der Waals surface area contributed by atoms with Crippen molar-refractivity contribution in [2.45, 2.75) is 6.42 Å². The van der Waals surface area contributed by atoms with Crippen molar-refractivity contribution in [3.05, 3.63) is 23.3 Å². The molecule has 1 aliphatic rings. The van der Waals surface area contributed by atoms with Crippen molar-refractivity contribution in [2.24, 2.45) is 4.99 Å². The van der Waals surface area contributed by atoms with Crippen molar-refractivity contribution in [1.29, 1.82) is 0 Å². The number of methoxy groups -OCH3 is 2. The van der Waals surface area contributed by atoms with Gasteiger partial charge >= 0.3 is 0 Å². The Hall–Kier alpha value is -1.51. The quantitative estimate of drug-likeness (QED) is 0.722. The van der Waals surface area contributed by atoms with Crippen molar-refractivity contribution in [2.75, 3.05) is 20.6 Å². The van der Waals surface area contributed by atoms with Crippen molar-refractivity contribution >= 4 is 6.21 Å². The SMILES string of the molecule is [2H]C([2H])([2H])Oc1cc2c(cc1OC([2H])([2H])[2H])CCN=C2. The average molecular weight is 197 g/mol. The Morgan fingerprint density at radius 2 is 2.07 bits per heavy atom. The summed E-state index contributed by atoms with van der Waals surface area (Å²) in [6.07, 6.45) is 2.24. The molecule has 0 spiro atoms. The minimum Gasteiger partial charge on any atom is -0.493 e. The normalized spacial score (nSPS) is 21.7. The Kier molecular flexibility index (Phi) is 1.15. The number of benzene rings is 1. The Morgan fingerprint density at radius 1 is 1.29 bits per heavy atom. The number of hydrogen-bond acceptors (Lipinski definition) is 3. The van der Waals surface area contributed by atoms with Gasteiger partial charge in [-0.3, -0.25) is 4.99 Å². The summed E-state index contributed by atoms with van der Waals surface area (Å²) in [4.78, 5) is 4.09. The second-order valence-corrected chi connectivity index (χ2v) is 2.99. The molecule has 0 bridgehead atoms. The number of rotatable bonds is 2. The van der Waals surface area contributed by atoms with Gasteiger partial charge in [0, 0.05) is 12.8 Å². The molecule has 1 aliphatic heterocycles. The van der Waals surface area contributed by atoms with Crippen molar-refractivity contribution in [3.8, 4) is 11.5 Å². The summed E-state index contributed by atoms with van der Waals surface area (Å²) in [6, 6.07) is 2.93. The van der Waals surface area contributed by atoms with Crippen LogP contribution in [0.2, 0.25) is 0 Å². The summed E-state index contributed by atoms with van der Waals surface area (Å²) in [6.45, 7) is 0.597. The second-order valence-electron chi connectivity index (χ2n) is 2.99. The maximum atomic E-state index is 7.13. The lowest BCUT2D eigenvalue weighted by molar-refractivity contribution is 0.354. The Morgan fingerprint density at radius 3 is 2.86 bits per heavy atom. The highest BCUT2D eigenvalue weighted by molar-refractivity contribution is 5.84. The first-order valence-electron chi connectivity index (χ1n) is 7.19. The highest BCUT2D eigenvalue weighted by atomic mass is 16.5. The molecule has 0 saturated carbocycles. The highest BCUT2D eigenvalue weighted by Gasteiger charge is 2.11. The van der Waals surface area contributed by atoms with Crippen molar-refractivity contribution in [1.82, 2.24) is 0 Å². The average Bonchev–Trinajstić information content (AvgIpc) is 2.26. The van der Waals surface area contributed by atoms with Gasteiger partial charge < -0.3 is 9.47 Å². The zero-order chi connectivity index (χ0) is 15.0. The number of aliphatic imine (C=N–C) groups is 1. The topological polar surface area (TPSA) is 30.8 Å². The summed E-state index contributed by atoms with van der Waals surface area (Å²) in [5, 5.41) is 0. The van der Waals surface area contributed by atoms with Crippen LogP contribution in [0.3, 0.4) is 0 Å². The van der Waals surface area contributed by atoms with Gasteiger partial charge in [0.25, 0.3) is 0 Å². The number of nitrogens with zero attached hydrogens (tertiary/aromatic N) is 1. The molecule has 0 amide bonds. The monoisotopic (exact) mass is 197 g/mol. The van der Waals surface area contributed by atoms with E-state index in [9.17, 15) is 0 Å². The fourth-order valence-electron chi connectivity index (χ4n) is 1.46. The van der Waals surface area contributed by atoms with Crippen LogP contribution in [0.15, 0.2) is 17.1 Å². The predicted molar refractivity (Wildman–Crippen MR) is 55.7 cm³/mol. The third kappa shape index (κ3) is 1.45. The van der Waals surface area contributed by atoms with Crippen LogP contribution in [0.25, 0.3) is 0 Å². The van der Waals surface area contributed by atoms with E-state index in [0.717, 1.165) is 5.56 Å². The Labute approximate surface area is 91.8 Å². The van der Waals surface area contributed by atoms with Crippen LogP contribution in [0, 0.1) is 0 Å². The van der Waals surface area contributed by atoms with Gasteiger partial charge in [-0.1, -0.05) is 0 Å². The first kappa shape index (κ1) is 4.34. The highest BCUT2D eigenvalue weighted by Crippen LogP contribution is 2.30. The Balaban J connectivity index is 2.43. The summed E-state index contributed by atoms with van der Waals surface area (Å²) in [5.74, 6) is -0.233. The fraction of sp³-hybridized carbons (Fsp3) is 0.364. The molecule has 2 rings (SSSR count). The van der Waals surface area contributed by atoms with Gasteiger partial charge in [0.05, 0.1) is 22.3 Å². The second kappa shape index (κ2) is 3.70. The van der Waals surface area contributed by atoms with Gasteiger partial charge in [-0.15, -0.1) is 0 Å². The zero-order valence-electron chi connectivity index (χ0n) is 13.4. The van der Waals surface area contributed by atoms with E-state index in [1.807, 2.05) is 0 Å². The third-order valence-electron chi connectivity index (χ3n) is 2.17. The minimum atomic E-state index is -2.69. The van der Waals surface area contributed by atoms with Crippen LogP contribution in [0.5, 0.6) is 11.5 Å². The largest absolute Gasteiger partial charge is 0.493 e. The third-order valence-corrected chi connectivity index (χ3v) is 2.17. The number of fused-ring (bicyclic) bond motifs is 1. The standard InChI is InChI=1S/C11H13NO2/c1-13-10-5-8-3-4-12-7-9(8)6-11(10)14-2/h5-7H,3-4H2,1-2H3/i1D3,2D3. The molecule has 0 fully saturated rings. The lowest BCUT2D eigenvalue weighted by Gasteiger charge is -2.14. The summed E-state index contributed by atoms with van der Waals surface area (Å²) >= 11 is 0. The molecule has 1 aromatic carbocycles. The van der Waals surface area contributed by atoms with E-state index in [4.69, 9.17) is 17.7 Å². The molecule has 1 aromatic rings. The molecule has 74 valence electrons. The molecule has 0 unspecified atom stereocenters. The molecule has 1 heterocycles. The smallest absolute Gasteiger partial charge is 0.161 e. The summed E-state index contributed by atoms with van der Waals surface area (Å²) < 4.78 is 52.4. The van der Waals surface area contributed by atoms with E-state index in [1.54, 1.807) is 6.21 Å². The van der Waals surface area contributed by atoms with Gasteiger partial charge in [-0.2, -0.15) is 0 Å². The summed E-state index contributed by atoms with van der Waals surface area (Å²) in [7, 11) is -5.36. The van der Waals surface area contributed by atoms with Gasteiger partial charge in [0.1, 0.15) is 0 Å². The minimum absolute atomic E-state index is 0.102. The molecular weight excluding hydrogens is 178 g/mol. The van der Waals surface area contributed by atoms with E-state index in [0.29, 0.717) is 18.5 Å². The maximum Gasteiger partial charge on any atom is 0.161 e.